The highest BCUT2D eigenvalue weighted by Crippen LogP contribution is 2.55. The molecule has 2 aromatic heterocycles. The number of nitrogens with zero attached hydrogens (tertiary/aromatic N) is 4. The molecule has 2 aliphatic rings. The average Bonchev–Trinajstić information content (AvgIpc) is 3.35. The minimum atomic E-state index is -0.128. The van der Waals surface area contributed by atoms with Crippen molar-refractivity contribution >= 4 is 45.3 Å². The first-order chi connectivity index (χ1) is 22.0. The first-order valence-electron chi connectivity index (χ1n) is 16.2. The van der Waals surface area contributed by atoms with Gasteiger partial charge in [0, 0.05) is 94.9 Å². The van der Waals surface area contributed by atoms with Crippen LogP contribution >= 0.6 is 0 Å². The Balaban J connectivity index is 1.19. The summed E-state index contributed by atoms with van der Waals surface area (Å²) in [5, 5.41) is 2.50. The van der Waals surface area contributed by atoms with Gasteiger partial charge in [0.1, 0.15) is 14.1 Å². The number of hydrogen-bond donors (Lipinski definition) is 0. The highest BCUT2D eigenvalue weighted by atomic mass is 15.2. The zero-order chi connectivity index (χ0) is 32.4. The molecular formula is C42H44N4+2. The summed E-state index contributed by atoms with van der Waals surface area (Å²) in [6.45, 7) is 9.39. The number of fused-ring (bicyclic) bond motifs is 4. The van der Waals surface area contributed by atoms with Gasteiger partial charge in [-0.25, -0.2) is 0 Å². The molecule has 4 nitrogen and oxygen atoms in total. The average molecular weight is 605 g/mol. The number of aryl methyl sites for hydroxylation is 2. The van der Waals surface area contributed by atoms with Crippen LogP contribution in [0, 0.1) is 0 Å². The molecule has 46 heavy (non-hydrogen) atoms. The summed E-state index contributed by atoms with van der Waals surface area (Å²) in [7, 11) is 8.70. The topological polar surface area (TPSA) is 14.2 Å². The summed E-state index contributed by atoms with van der Waals surface area (Å²) >= 11 is 0. The van der Waals surface area contributed by atoms with Crippen LogP contribution in [0.3, 0.4) is 0 Å². The van der Waals surface area contributed by atoms with E-state index in [0.717, 1.165) is 0 Å². The largest absolute Gasteiger partial charge is 0.347 e. The van der Waals surface area contributed by atoms with E-state index in [-0.39, 0.29) is 10.8 Å². The molecule has 0 fully saturated rings. The quantitative estimate of drug-likeness (QED) is 0.192. The van der Waals surface area contributed by atoms with Crippen molar-refractivity contribution in [3.05, 3.63) is 143 Å². The standard InChI is InChI=1S/C42H44N4/c1-41(2)33-27-38-34(28-37(33)45(7)39(41)21-13-17-31-25-23-29-15-9-11-19-35(29)43(31)5)42(3,4)40(46(38)8)22-14-18-32-26-24-30-16-10-12-20-36(30)44(32)6/h9-28H,1-8H3/q+2. The summed E-state index contributed by atoms with van der Waals surface area (Å²) in [5.41, 5.74) is 12.5. The van der Waals surface area contributed by atoms with Gasteiger partial charge in [-0.2, -0.15) is 9.13 Å². The Hall–Kier alpha value is -4.96. The van der Waals surface area contributed by atoms with Crippen LogP contribution in [0.25, 0.3) is 34.0 Å². The summed E-state index contributed by atoms with van der Waals surface area (Å²) in [6, 6.07) is 30.7. The molecule has 0 saturated carbocycles. The molecule has 0 amide bonds. The Morgan fingerprint density at radius 3 is 1.35 bits per heavy atom. The number of likely N-dealkylation sites (N-methyl/N-ethyl adjacent to an activating group) is 2. The van der Waals surface area contributed by atoms with Crippen molar-refractivity contribution in [2.24, 2.45) is 14.1 Å². The van der Waals surface area contributed by atoms with Crippen LogP contribution in [0.2, 0.25) is 0 Å². The minimum Gasteiger partial charge on any atom is -0.347 e. The molecule has 0 atom stereocenters. The Morgan fingerprint density at radius 2 is 0.935 bits per heavy atom. The molecule has 0 radical (unpaired) electrons. The number of hydrogen-bond acceptors (Lipinski definition) is 2. The molecule has 0 unspecified atom stereocenters. The van der Waals surface area contributed by atoms with Crippen LogP contribution in [0.15, 0.2) is 121 Å². The number of aromatic nitrogens is 2. The zero-order valence-corrected chi connectivity index (χ0v) is 28.3. The summed E-state index contributed by atoms with van der Waals surface area (Å²) in [6.07, 6.45) is 13.4. The van der Waals surface area contributed by atoms with E-state index >= 15 is 0 Å². The third kappa shape index (κ3) is 4.58. The van der Waals surface area contributed by atoms with E-state index in [4.69, 9.17) is 0 Å². The monoisotopic (exact) mass is 604 g/mol. The van der Waals surface area contributed by atoms with E-state index in [1.54, 1.807) is 0 Å². The summed E-state index contributed by atoms with van der Waals surface area (Å²) < 4.78 is 4.51. The molecule has 0 saturated heterocycles. The summed E-state index contributed by atoms with van der Waals surface area (Å²) in [4.78, 5) is 4.77. The van der Waals surface area contributed by atoms with Crippen molar-refractivity contribution in [2.45, 2.75) is 38.5 Å². The summed E-state index contributed by atoms with van der Waals surface area (Å²) in [5.74, 6) is 0. The van der Waals surface area contributed by atoms with Gasteiger partial charge in [-0.3, -0.25) is 0 Å². The Kier molecular flexibility index (Phi) is 7.01. The van der Waals surface area contributed by atoms with Gasteiger partial charge in [-0.1, -0.05) is 64.1 Å². The molecular weight excluding hydrogens is 560 g/mol. The minimum absolute atomic E-state index is 0.128. The molecule has 3 aromatic carbocycles. The third-order valence-corrected chi connectivity index (χ3v) is 10.5. The predicted molar refractivity (Wildman–Crippen MR) is 194 cm³/mol. The van der Waals surface area contributed by atoms with E-state index in [9.17, 15) is 0 Å². The van der Waals surface area contributed by atoms with Gasteiger partial charge >= 0.3 is 0 Å². The van der Waals surface area contributed by atoms with E-state index < -0.39 is 0 Å². The van der Waals surface area contributed by atoms with Gasteiger partial charge in [0.25, 0.3) is 0 Å². The maximum absolute atomic E-state index is 2.44. The third-order valence-electron chi connectivity index (χ3n) is 10.5. The first-order valence-corrected chi connectivity index (χ1v) is 16.2. The van der Waals surface area contributed by atoms with Gasteiger partial charge in [-0.15, -0.1) is 0 Å². The van der Waals surface area contributed by atoms with E-state index in [2.05, 4.69) is 196 Å². The highest BCUT2D eigenvalue weighted by molar-refractivity contribution is 5.82. The van der Waals surface area contributed by atoms with Crippen LogP contribution in [-0.2, 0) is 24.9 Å². The van der Waals surface area contributed by atoms with Crippen molar-refractivity contribution in [3.8, 4) is 0 Å². The van der Waals surface area contributed by atoms with Crippen LogP contribution in [0.4, 0.5) is 11.4 Å². The second-order valence-electron chi connectivity index (χ2n) is 13.8. The molecule has 0 N–H and O–H groups in total. The zero-order valence-electron chi connectivity index (χ0n) is 28.3. The van der Waals surface area contributed by atoms with Crippen LogP contribution in [-0.4, -0.2) is 14.1 Å². The van der Waals surface area contributed by atoms with Crippen LogP contribution in [0.1, 0.15) is 50.2 Å². The number of para-hydroxylation sites is 2. The van der Waals surface area contributed by atoms with E-state index in [1.165, 1.54) is 67.1 Å². The maximum atomic E-state index is 2.44. The van der Waals surface area contributed by atoms with Crippen LogP contribution < -0.4 is 18.9 Å². The van der Waals surface area contributed by atoms with Gasteiger partial charge in [0.05, 0.1) is 0 Å². The van der Waals surface area contributed by atoms with Crippen molar-refractivity contribution in [1.82, 2.24) is 0 Å². The number of allylic oxidation sites excluding steroid dienone is 6. The first kappa shape index (κ1) is 29.7. The fourth-order valence-electron chi connectivity index (χ4n) is 7.68. The molecule has 4 heterocycles. The van der Waals surface area contributed by atoms with Gasteiger partial charge in [-0.05, 0) is 59.7 Å². The molecule has 230 valence electrons. The second-order valence-corrected chi connectivity index (χ2v) is 13.8. The predicted octanol–water partition coefficient (Wildman–Crippen LogP) is 8.29. The number of benzene rings is 3. The SMILES string of the molecule is CN1/C(=C/C=C/c2ccc3ccccc3[n+]2C)C(C)(C)c2cc3c(cc21)C(C)(C)/C(=C\C=C\c1ccc2ccccc2[n+]1C)N3C. The van der Waals surface area contributed by atoms with Gasteiger partial charge < -0.3 is 9.80 Å². The molecule has 0 bridgehead atoms. The molecule has 2 aliphatic heterocycles. The normalized spacial score (nSPS) is 18.6. The van der Waals surface area contributed by atoms with Crippen molar-refractivity contribution in [2.75, 3.05) is 23.9 Å². The smallest absolute Gasteiger partial charge is 0.212 e. The number of pyridine rings is 2. The van der Waals surface area contributed by atoms with E-state index in [1.807, 2.05) is 0 Å². The second kappa shape index (κ2) is 10.8. The van der Waals surface area contributed by atoms with Crippen molar-refractivity contribution in [1.29, 1.82) is 0 Å². The lowest BCUT2D eigenvalue weighted by Crippen LogP contribution is -2.32. The number of anilines is 2. The van der Waals surface area contributed by atoms with Crippen molar-refractivity contribution < 1.29 is 9.13 Å². The molecule has 7 rings (SSSR count). The molecule has 0 aliphatic carbocycles. The van der Waals surface area contributed by atoms with Gasteiger partial charge in [0.2, 0.25) is 22.4 Å². The molecule has 5 aromatic rings. The fourth-order valence-corrected chi connectivity index (χ4v) is 7.68. The lowest BCUT2D eigenvalue weighted by Gasteiger charge is -2.25. The Labute approximate surface area is 273 Å². The van der Waals surface area contributed by atoms with Crippen molar-refractivity contribution in [3.63, 3.8) is 0 Å². The number of rotatable bonds is 4. The Bertz CT molecular complexity index is 2000. The van der Waals surface area contributed by atoms with Gasteiger partial charge in [0.15, 0.2) is 0 Å². The Morgan fingerprint density at radius 1 is 0.543 bits per heavy atom. The lowest BCUT2D eigenvalue weighted by molar-refractivity contribution is -0.646. The maximum Gasteiger partial charge on any atom is 0.212 e. The van der Waals surface area contributed by atoms with Crippen LogP contribution in [0.5, 0.6) is 0 Å². The van der Waals surface area contributed by atoms with E-state index in [0.29, 0.717) is 0 Å². The highest BCUT2D eigenvalue weighted by Gasteiger charge is 2.44. The molecule has 4 heteroatoms. The lowest BCUT2D eigenvalue weighted by atomic mass is 9.80. The fraction of sp³-hybridized carbons (Fsp3) is 0.238. The molecule has 0 spiro atoms.